The fourth-order valence-electron chi connectivity index (χ4n) is 1.95. The van der Waals surface area contributed by atoms with E-state index in [4.69, 9.17) is 5.73 Å². The summed E-state index contributed by atoms with van der Waals surface area (Å²) in [7, 11) is 0. The summed E-state index contributed by atoms with van der Waals surface area (Å²) >= 11 is 3.49. The predicted octanol–water partition coefficient (Wildman–Crippen LogP) is 3.28. The highest BCUT2D eigenvalue weighted by Crippen LogP contribution is 2.24. The Labute approximate surface area is 116 Å². The maximum absolute atomic E-state index is 5.65. The van der Waals surface area contributed by atoms with Gasteiger partial charge in [-0.2, -0.15) is 0 Å². The number of hydrogen-bond acceptors (Lipinski definition) is 2. The van der Waals surface area contributed by atoms with E-state index in [-0.39, 0.29) is 0 Å². The van der Waals surface area contributed by atoms with Gasteiger partial charge < -0.3 is 10.7 Å². The quantitative estimate of drug-likeness (QED) is 0.910. The SMILES string of the molecule is Cc1[nH]c(CC(C)CN)nc1-c1cccc(Br)c1. The van der Waals surface area contributed by atoms with E-state index in [1.807, 2.05) is 12.1 Å². The summed E-state index contributed by atoms with van der Waals surface area (Å²) < 4.78 is 1.07. The van der Waals surface area contributed by atoms with Crippen LogP contribution in [-0.2, 0) is 6.42 Å². The molecule has 0 bridgehead atoms. The molecule has 1 aromatic heterocycles. The monoisotopic (exact) mass is 307 g/mol. The van der Waals surface area contributed by atoms with Crippen molar-refractivity contribution in [3.05, 3.63) is 40.3 Å². The number of benzene rings is 1. The average molecular weight is 308 g/mol. The van der Waals surface area contributed by atoms with Gasteiger partial charge >= 0.3 is 0 Å². The third kappa shape index (κ3) is 3.00. The topological polar surface area (TPSA) is 54.7 Å². The number of nitrogens with zero attached hydrogens (tertiary/aromatic N) is 1. The van der Waals surface area contributed by atoms with Gasteiger partial charge in [-0.3, -0.25) is 0 Å². The van der Waals surface area contributed by atoms with Crippen LogP contribution in [0.25, 0.3) is 11.3 Å². The molecule has 18 heavy (non-hydrogen) atoms. The molecule has 0 aliphatic rings. The van der Waals surface area contributed by atoms with Gasteiger partial charge in [-0.05, 0) is 31.5 Å². The minimum absolute atomic E-state index is 0.450. The first-order valence-electron chi connectivity index (χ1n) is 6.11. The number of nitrogens with one attached hydrogen (secondary N) is 1. The van der Waals surface area contributed by atoms with Gasteiger partial charge in [0.25, 0.3) is 0 Å². The van der Waals surface area contributed by atoms with Crippen LogP contribution in [-0.4, -0.2) is 16.5 Å². The summed E-state index contributed by atoms with van der Waals surface area (Å²) in [5.41, 5.74) is 8.90. The van der Waals surface area contributed by atoms with Crippen LogP contribution in [0.15, 0.2) is 28.7 Å². The van der Waals surface area contributed by atoms with Crippen molar-refractivity contribution in [2.45, 2.75) is 20.3 Å². The van der Waals surface area contributed by atoms with Crippen molar-refractivity contribution in [2.75, 3.05) is 6.54 Å². The van der Waals surface area contributed by atoms with Gasteiger partial charge in [-0.15, -0.1) is 0 Å². The number of aromatic amines is 1. The molecule has 96 valence electrons. The van der Waals surface area contributed by atoms with E-state index in [0.717, 1.165) is 33.7 Å². The molecule has 0 spiro atoms. The minimum atomic E-state index is 0.450. The van der Waals surface area contributed by atoms with Gasteiger partial charge in [0.2, 0.25) is 0 Å². The van der Waals surface area contributed by atoms with E-state index < -0.39 is 0 Å². The molecule has 0 fully saturated rings. The van der Waals surface area contributed by atoms with Gasteiger partial charge in [0.1, 0.15) is 5.82 Å². The summed E-state index contributed by atoms with van der Waals surface area (Å²) in [4.78, 5) is 8.02. The van der Waals surface area contributed by atoms with E-state index in [9.17, 15) is 0 Å². The number of H-pyrrole nitrogens is 1. The molecule has 2 aromatic rings. The summed E-state index contributed by atoms with van der Waals surface area (Å²) in [6.45, 7) is 4.88. The molecular weight excluding hydrogens is 290 g/mol. The molecule has 0 aliphatic heterocycles. The molecule has 1 unspecified atom stereocenters. The lowest BCUT2D eigenvalue weighted by Crippen LogP contribution is -2.13. The smallest absolute Gasteiger partial charge is 0.107 e. The predicted molar refractivity (Wildman–Crippen MR) is 78.4 cm³/mol. The van der Waals surface area contributed by atoms with Gasteiger partial charge in [0, 0.05) is 22.2 Å². The number of halogens is 1. The molecule has 0 aliphatic carbocycles. The molecule has 0 amide bonds. The Hall–Kier alpha value is -1.13. The summed E-state index contributed by atoms with van der Waals surface area (Å²) in [5, 5.41) is 0. The number of imidazole rings is 1. The zero-order valence-electron chi connectivity index (χ0n) is 10.7. The molecule has 4 heteroatoms. The van der Waals surface area contributed by atoms with Crippen molar-refractivity contribution in [1.29, 1.82) is 0 Å². The Morgan fingerprint density at radius 2 is 2.22 bits per heavy atom. The highest BCUT2D eigenvalue weighted by atomic mass is 79.9. The Bertz CT molecular complexity index is 534. The number of aromatic nitrogens is 2. The van der Waals surface area contributed by atoms with Crippen molar-refractivity contribution in [1.82, 2.24) is 9.97 Å². The summed E-state index contributed by atoms with van der Waals surface area (Å²) in [6.07, 6.45) is 0.894. The molecule has 0 saturated carbocycles. The molecule has 1 aromatic carbocycles. The molecule has 0 radical (unpaired) electrons. The largest absolute Gasteiger partial charge is 0.346 e. The first-order chi connectivity index (χ1) is 8.60. The lowest BCUT2D eigenvalue weighted by Gasteiger charge is -2.04. The van der Waals surface area contributed by atoms with Crippen LogP contribution in [0.1, 0.15) is 18.4 Å². The van der Waals surface area contributed by atoms with Gasteiger partial charge in [-0.25, -0.2) is 4.98 Å². The number of hydrogen-bond donors (Lipinski definition) is 2. The molecule has 2 rings (SSSR count). The maximum atomic E-state index is 5.65. The number of nitrogens with two attached hydrogens (primary N) is 1. The standard InChI is InChI=1S/C14H18BrN3/c1-9(8-16)6-13-17-10(2)14(18-13)11-4-3-5-12(15)7-11/h3-5,7,9H,6,8,16H2,1-2H3,(H,17,18). The Balaban J connectivity index is 2.29. The summed E-state index contributed by atoms with van der Waals surface area (Å²) in [5.74, 6) is 1.46. The van der Waals surface area contributed by atoms with Gasteiger partial charge in [0.05, 0.1) is 5.69 Å². The highest BCUT2D eigenvalue weighted by molar-refractivity contribution is 9.10. The third-order valence-corrected chi connectivity index (χ3v) is 3.47. The van der Waals surface area contributed by atoms with Crippen LogP contribution in [0.3, 0.4) is 0 Å². The zero-order chi connectivity index (χ0) is 13.1. The van der Waals surface area contributed by atoms with Crippen molar-refractivity contribution in [2.24, 2.45) is 11.7 Å². The van der Waals surface area contributed by atoms with Crippen LogP contribution in [0.5, 0.6) is 0 Å². The highest BCUT2D eigenvalue weighted by Gasteiger charge is 2.11. The van der Waals surface area contributed by atoms with Gasteiger partial charge in [0.15, 0.2) is 0 Å². The lowest BCUT2D eigenvalue weighted by atomic mass is 10.1. The van der Waals surface area contributed by atoms with Crippen molar-refractivity contribution in [3.63, 3.8) is 0 Å². The van der Waals surface area contributed by atoms with Crippen LogP contribution >= 0.6 is 15.9 Å². The maximum Gasteiger partial charge on any atom is 0.107 e. The Morgan fingerprint density at radius 3 is 2.89 bits per heavy atom. The first-order valence-corrected chi connectivity index (χ1v) is 6.91. The first kappa shape index (κ1) is 13.3. The third-order valence-electron chi connectivity index (χ3n) is 2.98. The number of rotatable bonds is 4. The summed E-state index contributed by atoms with van der Waals surface area (Å²) in [6, 6.07) is 8.20. The Morgan fingerprint density at radius 1 is 1.44 bits per heavy atom. The molecule has 3 nitrogen and oxygen atoms in total. The van der Waals surface area contributed by atoms with E-state index in [1.54, 1.807) is 0 Å². The lowest BCUT2D eigenvalue weighted by molar-refractivity contribution is 0.577. The fraction of sp³-hybridized carbons (Fsp3) is 0.357. The average Bonchev–Trinajstić information content (AvgIpc) is 2.70. The zero-order valence-corrected chi connectivity index (χ0v) is 12.3. The second-order valence-corrected chi connectivity index (χ2v) is 5.63. The van der Waals surface area contributed by atoms with Crippen molar-refractivity contribution >= 4 is 15.9 Å². The van der Waals surface area contributed by atoms with E-state index in [0.29, 0.717) is 12.5 Å². The molecular formula is C14H18BrN3. The Kier molecular flexibility index (Phi) is 4.19. The van der Waals surface area contributed by atoms with E-state index in [2.05, 4.69) is 51.9 Å². The second kappa shape index (κ2) is 5.67. The van der Waals surface area contributed by atoms with E-state index >= 15 is 0 Å². The molecule has 1 atom stereocenters. The normalized spacial score (nSPS) is 12.7. The van der Waals surface area contributed by atoms with Crippen molar-refractivity contribution < 1.29 is 0 Å². The number of aryl methyl sites for hydroxylation is 1. The second-order valence-electron chi connectivity index (χ2n) is 4.71. The van der Waals surface area contributed by atoms with E-state index in [1.165, 1.54) is 0 Å². The van der Waals surface area contributed by atoms with Crippen LogP contribution < -0.4 is 5.73 Å². The minimum Gasteiger partial charge on any atom is -0.346 e. The van der Waals surface area contributed by atoms with Crippen molar-refractivity contribution in [3.8, 4) is 11.3 Å². The van der Waals surface area contributed by atoms with Crippen LogP contribution in [0.4, 0.5) is 0 Å². The molecule has 3 N–H and O–H groups in total. The fourth-order valence-corrected chi connectivity index (χ4v) is 2.35. The van der Waals surface area contributed by atoms with Crippen LogP contribution in [0.2, 0.25) is 0 Å². The molecule has 0 saturated heterocycles. The van der Waals surface area contributed by atoms with Crippen LogP contribution in [0, 0.1) is 12.8 Å². The van der Waals surface area contributed by atoms with Gasteiger partial charge in [-0.1, -0.05) is 35.0 Å². The molecule has 1 heterocycles.